The van der Waals surface area contributed by atoms with E-state index in [4.69, 9.17) is 19.2 Å². The van der Waals surface area contributed by atoms with Crippen molar-refractivity contribution in [2.75, 3.05) is 0 Å². The van der Waals surface area contributed by atoms with E-state index in [2.05, 4.69) is 0 Å². The van der Waals surface area contributed by atoms with Crippen LogP contribution in [0.15, 0.2) is 0 Å². The molecule has 6 nitrogen and oxygen atoms in total. The average molecular weight is 156 g/mol. The summed E-state index contributed by atoms with van der Waals surface area (Å²) in [6.45, 7) is 0. The molecule has 0 saturated heterocycles. The predicted octanol–water partition coefficient (Wildman–Crippen LogP) is -18.8. The Morgan fingerprint density at radius 1 is 0.545 bits per heavy atom. The van der Waals surface area contributed by atoms with Crippen LogP contribution in [0.25, 0.3) is 0 Å². The van der Waals surface area contributed by atoms with Crippen molar-refractivity contribution < 1.29 is 106 Å². The maximum absolute atomic E-state index is 8.58. The van der Waals surface area contributed by atoms with Gasteiger partial charge < -0.3 is 39.2 Å². The number of hydrogen-bond acceptors (Lipinski definition) is 4. The van der Waals surface area contributed by atoms with Crippen molar-refractivity contribution in [3.05, 3.63) is 0 Å². The molecule has 0 aliphatic heterocycles. The average Bonchev–Trinajstić information content (AvgIpc) is 0.722. The van der Waals surface area contributed by atoms with Crippen molar-refractivity contribution in [1.82, 2.24) is 0 Å². The second-order valence-corrected chi connectivity index (χ2v) is 1.50. The van der Waals surface area contributed by atoms with Gasteiger partial charge in [0.25, 0.3) is 0 Å². The molecule has 11 heteroatoms. The first-order valence-corrected chi connectivity index (χ1v) is 2.45. The van der Waals surface area contributed by atoms with Gasteiger partial charge in [0.2, 0.25) is 0 Å². The van der Waals surface area contributed by atoms with Crippen molar-refractivity contribution in [2.24, 2.45) is 0 Å². The summed E-state index contributed by atoms with van der Waals surface area (Å²) in [5.41, 5.74) is 0. The van der Waals surface area contributed by atoms with E-state index in [0.29, 0.717) is 0 Å². The molecule has 0 fully saturated rings. The molecule has 0 rings (SSSR count). The summed E-state index contributed by atoms with van der Waals surface area (Å²) in [5, 5.41) is 0. The third kappa shape index (κ3) is 237. The molecule has 0 amide bonds. The van der Waals surface area contributed by atoms with Crippen LogP contribution in [0.1, 0.15) is 0 Å². The first-order valence-electron chi connectivity index (χ1n) is 0.816. The minimum Gasteiger partial charge on any atom is -0.894 e. The summed E-state index contributed by atoms with van der Waals surface area (Å²) in [5.74, 6) is 0. The topological polar surface area (TPSA) is 155 Å². The van der Waals surface area contributed by atoms with Gasteiger partial charge in [-0.15, -0.1) is 0 Å². The van der Waals surface area contributed by atoms with Crippen molar-refractivity contribution in [2.45, 2.75) is 0 Å². The van der Waals surface area contributed by atoms with Crippen molar-refractivity contribution >= 4 is 9.05 Å². The van der Waals surface area contributed by atoms with E-state index in [0.717, 1.165) is 0 Å². The van der Waals surface area contributed by atoms with Crippen LogP contribution in [0, 0.1) is 0 Å². The van der Waals surface area contributed by atoms with Gasteiger partial charge in [0, 0.05) is 0 Å². The van der Waals surface area contributed by atoms with Gasteiger partial charge in [-0.05, 0) is 0 Å². The summed E-state index contributed by atoms with van der Waals surface area (Å²) in [6, 6.07) is 0. The Kier molecular flexibility index (Phi) is 105. The molecule has 0 heterocycles. The fourth-order valence-electron chi connectivity index (χ4n) is 0. The van der Waals surface area contributed by atoms with Crippen LogP contribution in [0.4, 0.5) is 0 Å². The molecule has 0 bridgehead atoms. The van der Waals surface area contributed by atoms with Crippen LogP contribution in [0.3, 0.4) is 0 Å². The van der Waals surface area contributed by atoms with Gasteiger partial charge in [0.15, 0.2) is 0 Å². The molecule has 0 aliphatic carbocycles. The van der Waals surface area contributed by atoms with Crippen LogP contribution in [-0.4, -0.2) is 20.0 Å². The second-order valence-electron chi connectivity index (χ2n) is 0.500. The van der Waals surface area contributed by atoms with Gasteiger partial charge in [-0.1, -0.05) is 0 Å². The van der Waals surface area contributed by atoms with Crippen LogP contribution >= 0.6 is 0 Å². The minimum absolute atomic E-state index is 0. The molecule has 0 atom stereocenters. The van der Waals surface area contributed by atoms with Crippen molar-refractivity contribution in [1.29, 1.82) is 0 Å². The minimum atomic E-state index is -5.61. The van der Waals surface area contributed by atoms with Gasteiger partial charge >= 0.3 is 75.4 Å². The van der Waals surface area contributed by atoms with E-state index in [1.165, 1.54) is 0 Å². The molecule has 0 aliphatic rings. The van der Waals surface area contributed by atoms with Crippen molar-refractivity contribution in [3.63, 3.8) is 0 Å². The monoisotopic (exact) mass is 156 g/mol. The first-order chi connectivity index (χ1) is 2.00. The Balaban J connectivity index is -0.00000000533. The van der Waals surface area contributed by atoms with Gasteiger partial charge in [-0.2, -0.15) is 0 Å². The first kappa shape index (κ1) is 50.4. The standard InChI is InChI=1S/4Li.O4Si.2H2O/c;;;;1-5(2,3)4;;/h;;;;;2*1H2/q4*+1;-4;;. The van der Waals surface area contributed by atoms with Gasteiger partial charge in [0.1, 0.15) is 0 Å². The fraction of sp³-hybridized carbons (Fsp3) is 0. The Morgan fingerprint density at radius 2 is 0.545 bits per heavy atom. The number of rotatable bonds is 0. The fourth-order valence-corrected chi connectivity index (χ4v) is 0. The molecule has 0 radical (unpaired) electrons. The van der Waals surface area contributed by atoms with Crippen LogP contribution in [-0.2, 0) is 0 Å². The molecule has 0 unspecified atom stereocenters. The van der Waals surface area contributed by atoms with E-state index < -0.39 is 9.05 Å². The van der Waals surface area contributed by atoms with E-state index in [1.807, 2.05) is 0 Å². The zero-order valence-corrected chi connectivity index (χ0v) is 8.13. The Hall–Kier alpha value is 2.37. The van der Waals surface area contributed by atoms with Gasteiger partial charge in [-0.25, -0.2) is 0 Å². The summed E-state index contributed by atoms with van der Waals surface area (Å²) in [4.78, 5) is 34.3. The van der Waals surface area contributed by atoms with E-state index in [-0.39, 0.29) is 86.4 Å². The molecule has 0 spiro atoms. The zero-order chi connectivity index (χ0) is 4.50. The summed E-state index contributed by atoms with van der Waals surface area (Å²) < 4.78 is 0. The summed E-state index contributed by atoms with van der Waals surface area (Å²) in [7, 11) is -5.61. The Bertz CT molecular complexity index is 30.1. The SMILES string of the molecule is O.O.[Li+].[Li+].[Li+].[Li+].[O-][Si]([O-])([O-])[O-]. The third-order valence-electron chi connectivity index (χ3n) is 0. The quantitative estimate of drug-likeness (QED) is 0.319. The molecule has 0 aromatic heterocycles. The van der Waals surface area contributed by atoms with Crippen LogP contribution < -0.4 is 94.6 Å². The zero-order valence-electron chi connectivity index (χ0n) is 7.13. The molecular weight excluding hydrogens is 152 g/mol. The van der Waals surface area contributed by atoms with E-state index in [1.54, 1.807) is 0 Å². The molecule has 4 N–H and O–H groups in total. The molecule has 0 aromatic carbocycles. The third-order valence-corrected chi connectivity index (χ3v) is 0. The maximum atomic E-state index is 8.58. The Labute approximate surface area is 114 Å². The van der Waals surface area contributed by atoms with E-state index >= 15 is 0 Å². The van der Waals surface area contributed by atoms with E-state index in [9.17, 15) is 0 Å². The second kappa shape index (κ2) is 22.8. The normalized spacial score (nSPS) is 5.45. The molecular formula is H4Li4O6Si. The Morgan fingerprint density at radius 3 is 0.545 bits per heavy atom. The van der Waals surface area contributed by atoms with Gasteiger partial charge in [-0.3, -0.25) is 0 Å². The summed E-state index contributed by atoms with van der Waals surface area (Å²) >= 11 is 0. The maximum Gasteiger partial charge on any atom is 1.00 e. The molecule has 0 aromatic rings. The smallest absolute Gasteiger partial charge is 0.894 e. The summed E-state index contributed by atoms with van der Waals surface area (Å²) in [6.07, 6.45) is 0. The predicted molar refractivity (Wildman–Crippen MR) is 13.0 cm³/mol. The molecule has 0 saturated carbocycles. The molecule has 48 valence electrons. The largest absolute Gasteiger partial charge is 1.00 e. The number of hydrogen-bond donors (Lipinski definition) is 0. The van der Waals surface area contributed by atoms with Crippen LogP contribution in [0.5, 0.6) is 0 Å². The van der Waals surface area contributed by atoms with Crippen LogP contribution in [0.2, 0.25) is 0 Å². The van der Waals surface area contributed by atoms with Crippen molar-refractivity contribution in [3.8, 4) is 0 Å². The van der Waals surface area contributed by atoms with Gasteiger partial charge in [0.05, 0.1) is 0 Å². The molecule has 11 heavy (non-hydrogen) atoms.